The topological polar surface area (TPSA) is 127 Å². The van der Waals surface area contributed by atoms with Gasteiger partial charge in [0.2, 0.25) is 11.8 Å². The Morgan fingerprint density at radius 3 is 2.20 bits per heavy atom. The van der Waals surface area contributed by atoms with Crippen LogP contribution in [-0.4, -0.2) is 56.5 Å². The summed E-state index contributed by atoms with van der Waals surface area (Å²) in [5.41, 5.74) is 0. The van der Waals surface area contributed by atoms with Crippen molar-refractivity contribution in [3.63, 3.8) is 0 Å². The van der Waals surface area contributed by atoms with Crippen LogP contribution in [0.3, 0.4) is 0 Å². The molecule has 2 fully saturated rings. The normalized spacial score (nSPS) is 27.7. The third-order valence-corrected chi connectivity index (χ3v) is 3.15. The summed E-state index contributed by atoms with van der Waals surface area (Å²) in [6, 6.07) is -0.152. The maximum Gasteiger partial charge on any atom is 0.316 e. The molecule has 0 bridgehead atoms. The molecular weight excluding hydrogens is 268 g/mol. The molecule has 0 aromatic carbocycles. The predicted octanol–water partition coefficient (Wildman–Crippen LogP) is -1.14. The summed E-state index contributed by atoms with van der Waals surface area (Å²) < 4.78 is 0. The van der Waals surface area contributed by atoms with Crippen molar-refractivity contribution in [2.45, 2.75) is 51.6 Å². The van der Waals surface area contributed by atoms with Gasteiger partial charge in [-0.3, -0.25) is 24.6 Å². The van der Waals surface area contributed by atoms with Crippen molar-refractivity contribution in [3.8, 4) is 0 Å². The Morgan fingerprint density at radius 2 is 1.85 bits per heavy atom. The fraction of sp³-hybridized carbons (Fsp3) is 0.750. The van der Waals surface area contributed by atoms with Crippen LogP contribution in [0, 0.1) is 5.92 Å². The average molecular weight is 288 g/mol. The summed E-state index contributed by atoms with van der Waals surface area (Å²) in [6.45, 7) is 3.10. The number of aliphatic hydroxyl groups is 2. The van der Waals surface area contributed by atoms with E-state index in [9.17, 15) is 14.4 Å². The van der Waals surface area contributed by atoms with Crippen LogP contribution < -0.4 is 5.32 Å². The maximum absolute atomic E-state index is 11.4. The first-order valence-electron chi connectivity index (χ1n) is 6.45. The number of nitrogens with one attached hydrogen (secondary N) is 1. The molecule has 4 atom stereocenters. The van der Waals surface area contributed by atoms with Crippen LogP contribution in [0.4, 0.5) is 0 Å². The van der Waals surface area contributed by atoms with Gasteiger partial charge >= 0.3 is 5.97 Å². The first-order chi connectivity index (χ1) is 9.23. The van der Waals surface area contributed by atoms with Crippen molar-refractivity contribution in [2.24, 2.45) is 5.92 Å². The zero-order valence-electron chi connectivity index (χ0n) is 11.4. The SMILES string of the molecule is CC(O)NC(C)O.O=C(O)C1CC2CCC(=O)N2C1=O. The number of carbonyl (C=O) groups is 3. The first kappa shape index (κ1) is 16.5. The largest absolute Gasteiger partial charge is 0.481 e. The number of fused-ring (bicyclic) bond motifs is 1. The Morgan fingerprint density at radius 1 is 1.30 bits per heavy atom. The van der Waals surface area contributed by atoms with Gasteiger partial charge in [0.25, 0.3) is 0 Å². The second-order valence-electron chi connectivity index (χ2n) is 4.94. The van der Waals surface area contributed by atoms with Gasteiger partial charge in [0.05, 0.1) is 0 Å². The van der Waals surface area contributed by atoms with Crippen LogP contribution in [-0.2, 0) is 14.4 Å². The van der Waals surface area contributed by atoms with E-state index in [-0.39, 0.29) is 11.9 Å². The Balaban J connectivity index is 0.000000246. The Labute approximate surface area is 116 Å². The summed E-state index contributed by atoms with van der Waals surface area (Å²) in [5.74, 6) is -2.86. The van der Waals surface area contributed by atoms with Crippen LogP contribution in [0.1, 0.15) is 33.1 Å². The second-order valence-corrected chi connectivity index (χ2v) is 4.94. The average Bonchev–Trinajstić information content (AvgIpc) is 2.80. The molecule has 2 amide bonds. The van der Waals surface area contributed by atoms with Crippen LogP contribution in [0.15, 0.2) is 0 Å². The number of hydrogen-bond donors (Lipinski definition) is 4. The maximum atomic E-state index is 11.4. The third kappa shape index (κ3) is 3.99. The molecule has 4 N–H and O–H groups in total. The highest BCUT2D eigenvalue weighted by molar-refractivity contribution is 6.07. The third-order valence-electron chi connectivity index (χ3n) is 3.15. The molecule has 0 aromatic rings. The zero-order chi connectivity index (χ0) is 15.4. The summed E-state index contributed by atoms with van der Waals surface area (Å²) in [7, 11) is 0. The Hall–Kier alpha value is -1.51. The Bertz CT molecular complexity index is 389. The number of hydrogen-bond acceptors (Lipinski definition) is 6. The van der Waals surface area contributed by atoms with Crippen molar-refractivity contribution in [1.82, 2.24) is 10.2 Å². The summed E-state index contributed by atoms with van der Waals surface area (Å²) in [6.07, 6.45) is 0.0387. The van der Waals surface area contributed by atoms with Crippen LogP contribution >= 0.6 is 0 Å². The molecule has 4 unspecified atom stereocenters. The lowest BCUT2D eigenvalue weighted by Crippen LogP contribution is -2.34. The number of rotatable bonds is 3. The van der Waals surface area contributed by atoms with Crippen LogP contribution in [0.25, 0.3) is 0 Å². The van der Waals surface area contributed by atoms with E-state index >= 15 is 0 Å². The number of nitrogens with zero attached hydrogens (tertiary/aromatic N) is 1. The lowest BCUT2D eigenvalue weighted by Gasteiger charge is -2.11. The van der Waals surface area contributed by atoms with Crippen molar-refractivity contribution in [2.75, 3.05) is 0 Å². The highest BCUT2D eigenvalue weighted by atomic mass is 16.4. The highest BCUT2D eigenvalue weighted by Crippen LogP contribution is 2.33. The molecule has 0 aromatic heterocycles. The number of imide groups is 1. The molecule has 2 heterocycles. The van der Waals surface area contributed by atoms with E-state index in [1.807, 2.05) is 0 Å². The molecule has 2 aliphatic rings. The van der Waals surface area contributed by atoms with E-state index < -0.39 is 30.3 Å². The molecular formula is C12H20N2O6. The second kappa shape index (κ2) is 6.78. The van der Waals surface area contributed by atoms with Gasteiger partial charge in [0.15, 0.2) is 0 Å². The van der Waals surface area contributed by atoms with Crippen LogP contribution in [0.5, 0.6) is 0 Å². The number of carboxylic acid groups (broad SMARTS) is 1. The lowest BCUT2D eigenvalue weighted by atomic mass is 10.0. The summed E-state index contributed by atoms with van der Waals surface area (Å²) in [5, 5.41) is 28.0. The fourth-order valence-electron chi connectivity index (χ4n) is 2.37. The van der Waals surface area contributed by atoms with E-state index in [4.69, 9.17) is 15.3 Å². The summed E-state index contributed by atoms with van der Waals surface area (Å²) in [4.78, 5) is 34.2. The van der Waals surface area contributed by atoms with Gasteiger partial charge < -0.3 is 15.3 Å². The fourth-order valence-corrected chi connectivity index (χ4v) is 2.37. The number of carboxylic acids is 1. The minimum absolute atomic E-state index is 0.152. The van der Waals surface area contributed by atoms with Gasteiger partial charge in [0, 0.05) is 12.5 Å². The van der Waals surface area contributed by atoms with E-state index in [0.29, 0.717) is 19.3 Å². The predicted molar refractivity (Wildman–Crippen MR) is 67.1 cm³/mol. The number of aliphatic carboxylic acids is 1. The molecule has 2 saturated heterocycles. The van der Waals surface area contributed by atoms with Gasteiger partial charge in [-0.1, -0.05) is 0 Å². The Kier molecular flexibility index (Phi) is 5.61. The van der Waals surface area contributed by atoms with Crippen LogP contribution in [0.2, 0.25) is 0 Å². The molecule has 20 heavy (non-hydrogen) atoms. The molecule has 0 spiro atoms. The first-order valence-corrected chi connectivity index (χ1v) is 6.45. The van der Waals surface area contributed by atoms with Gasteiger partial charge in [-0.25, -0.2) is 0 Å². The zero-order valence-corrected chi connectivity index (χ0v) is 11.4. The number of carbonyl (C=O) groups excluding carboxylic acids is 2. The van der Waals surface area contributed by atoms with Gasteiger partial charge in [-0.05, 0) is 26.7 Å². The highest BCUT2D eigenvalue weighted by Gasteiger charge is 2.49. The van der Waals surface area contributed by atoms with Gasteiger partial charge in [0.1, 0.15) is 18.4 Å². The van der Waals surface area contributed by atoms with Gasteiger partial charge in [-0.15, -0.1) is 0 Å². The quantitative estimate of drug-likeness (QED) is 0.294. The smallest absolute Gasteiger partial charge is 0.316 e. The van der Waals surface area contributed by atoms with E-state index in [0.717, 1.165) is 4.90 Å². The molecule has 8 nitrogen and oxygen atoms in total. The monoisotopic (exact) mass is 288 g/mol. The molecule has 0 saturated carbocycles. The van der Waals surface area contributed by atoms with Gasteiger partial charge in [-0.2, -0.15) is 0 Å². The molecule has 114 valence electrons. The lowest BCUT2D eigenvalue weighted by molar-refractivity contribution is -0.149. The van der Waals surface area contributed by atoms with Crippen molar-refractivity contribution in [1.29, 1.82) is 0 Å². The number of aliphatic hydroxyl groups excluding tert-OH is 2. The molecule has 2 rings (SSSR count). The molecule has 2 aliphatic heterocycles. The standard InChI is InChI=1S/C8H9NO4.C4H11NO2/c10-6-2-1-4-3-5(8(12)13)7(11)9(4)6;1-3(6)5-4(2)7/h4-5H,1-3H2,(H,12,13);3-7H,1-2H3. The van der Waals surface area contributed by atoms with Crippen molar-refractivity contribution < 1.29 is 29.7 Å². The van der Waals surface area contributed by atoms with E-state index in [2.05, 4.69) is 5.32 Å². The molecule has 0 radical (unpaired) electrons. The van der Waals surface area contributed by atoms with Crippen molar-refractivity contribution in [3.05, 3.63) is 0 Å². The van der Waals surface area contributed by atoms with E-state index in [1.165, 1.54) is 0 Å². The number of amides is 2. The molecule has 0 aliphatic carbocycles. The minimum Gasteiger partial charge on any atom is -0.481 e. The summed E-state index contributed by atoms with van der Waals surface area (Å²) >= 11 is 0. The van der Waals surface area contributed by atoms with E-state index in [1.54, 1.807) is 13.8 Å². The molecule has 8 heteroatoms. The van der Waals surface area contributed by atoms with Crippen molar-refractivity contribution >= 4 is 17.8 Å². The minimum atomic E-state index is -1.12.